The second-order valence-corrected chi connectivity index (χ2v) is 7.47. The molecule has 0 spiro atoms. The molecule has 21 heavy (non-hydrogen) atoms. The Morgan fingerprint density at radius 2 is 1.95 bits per heavy atom. The summed E-state index contributed by atoms with van der Waals surface area (Å²) in [5, 5.41) is 12.3. The highest BCUT2D eigenvalue weighted by Crippen LogP contribution is 2.47. The Balaban J connectivity index is 1.43. The van der Waals surface area contributed by atoms with E-state index in [0.717, 1.165) is 18.4 Å². The van der Waals surface area contributed by atoms with E-state index < -0.39 is 11.4 Å². The number of aliphatic carboxylic acids is 1. The van der Waals surface area contributed by atoms with Crippen LogP contribution in [0.5, 0.6) is 0 Å². The van der Waals surface area contributed by atoms with E-state index in [-0.39, 0.29) is 6.03 Å². The number of carboxylic acid groups (broad SMARTS) is 1. The number of nitrogens with one attached hydrogen (secondary N) is 1. The van der Waals surface area contributed by atoms with E-state index in [0.29, 0.717) is 31.8 Å². The first-order chi connectivity index (χ1) is 9.98. The topological polar surface area (TPSA) is 69.6 Å². The zero-order valence-electron chi connectivity index (χ0n) is 12.8. The number of piperidine rings is 1. The van der Waals surface area contributed by atoms with E-state index >= 15 is 0 Å². The van der Waals surface area contributed by atoms with Crippen molar-refractivity contribution in [3.8, 4) is 0 Å². The Kier molecular flexibility index (Phi) is 3.84. The van der Waals surface area contributed by atoms with Crippen molar-refractivity contribution in [2.45, 2.75) is 45.4 Å². The van der Waals surface area contributed by atoms with Gasteiger partial charge in [0.2, 0.25) is 0 Å². The van der Waals surface area contributed by atoms with Crippen LogP contribution < -0.4 is 5.32 Å². The second kappa shape index (κ2) is 5.50. The maximum Gasteiger partial charge on any atom is 0.317 e. The highest BCUT2D eigenvalue weighted by molar-refractivity contribution is 5.77. The van der Waals surface area contributed by atoms with Gasteiger partial charge in [0.25, 0.3) is 0 Å². The van der Waals surface area contributed by atoms with Crippen molar-refractivity contribution in [3.05, 3.63) is 0 Å². The van der Waals surface area contributed by atoms with E-state index in [1.165, 1.54) is 25.7 Å². The van der Waals surface area contributed by atoms with E-state index in [1.807, 2.05) is 0 Å². The van der Waals surface area contributed by atoms with Gasteiger partial charge in [-0.05, 0) is 56.8 Å². The van der Waals surface area contributed by atoms with Crippen LogP contribution >= 0.6 is 0 Å². The molecule has 0 aromatic carbocycles. The second-order valence-electron chi connectivity index (χ2n) is 7.47. The lowest BCUT2D eigenvalue weighted by Gasteiger charge is -2.36. The molecule has 118 valence electrons. The number of carbonyl (C=O) groups excluding carboxylic acids is 1. The van der Waals surface area contributed by atoms with Gasteiger partial charge in [0.15, 0.2) is 0 Å². The molecule has 2 amide bonds. The van der Waals surface area contributed by atoms with Gasteiger partial charge in [-0.15, -0.1) is 0 Å². The first-order valence-electron chi connectivity index (χ1n) is 8.24. The Bertz CT molecular complexity index is 429. The van der Waals surface area contributed by atoms with E-state index in [1.54, 1.807) is 11.8 Å². The zero-order valence-corrected chi connectivity index (χ0v) is 12.8. The fourth-order valence-corrected chi connectivity index (χ4v) is 4.37. The molecule has 2 N–H and O–H groups in total. The first kappa shape index (κ1) is 14.7. The van der Waals surface area contributed by atoms with Crippen LogP contribution in [-0.4, -0.2) is 41.6 Å². The molecule has 1 saturated heterocycles. The minimum Gasteiger partial charge on any atom is -0.481 e. The fraction of sp³-hybridized carbons (Fsp3) is 0.875. The standard InChI is InChI=1S/C16H26N2O3/c1-16(14(19)20)4-6-18(7-5-16)15(21)17-10-13-9-11-2-3-12(13)8-11/h11-13H,2-10H2,1H3,(H,17,21)(H,19,20). The molecule has 5 nitrogen and oxygen atoms in total. The normalized spacial score (nSPS) is 34.0. The number of fused-ring (bicyclic) bond motifs is 2. The molecule has 3 unspecified atom stereocenters. The monoisotopic (exact) mass is 294 g/mol. The maximum atomic E-state index is 12.2. The predicted octanol–water partition coefficient (Wildman–Crippen LogP) is 2.32. The van der Waals surface area contributed by atoms with Gasteiger partial charge in [-0.25, -0.2) is 4.79 Å². The molecule has 2 saturated carbocycles. The molecule has 0 aromatic rings. The number of hydrogen-bond donors (Lipinski definition) is 2. The van der Waals surface area contributed by atoms with Gasteiger partial charge in [-0.2, -0.15) is 0 Å². The number of nitrogens with zero attached hydrogens (tertiary/aromatic N) is 1. The number of urea groups is 1. The van der Waals surface area contributed by atoms with Crippen LogP contribution in [0.25, 0.3) is 0 Å². The minimum absolute atomic E-state index is 0.00906. The van der Waals surface area contributed by atoms with E-state index in [4.69, 9.17) is 0 Å². The van der Waals surface area contributed by atoms with Gasteiger partial charge in [-0.3, -0.25) is 4.79 Å². The van der Waals surface area contributed by atoms with Crippen molar-refractivity contribution in [1.29, 1.82) is 0 Å². The molecule has 2 bridgehead atoms. The molecule has 0 radical (unpaired) electrons. The van der Waals surface area contributed by atoms with E-state index in [2.05, 4.69) is 5.32 Å². The van der Waals surface area contributed by atoms with Crippen LogP contribution in [-0.2, 0) is 4.79 Å². The Morgan fingerprint density at radius 3 is 2.48 bits per heavy atom. The molecule has 2 aliphatic carbocycles. The SMILES string of the molecule is CC1(C(=O)O)CCN(C(=O)NCC2CC3CCC2C3)CC1. The lowest BCUT2D eigenvalue weighted by molar-refractivity contribution is -0.150. The summed E-state index contributed by atoms with van der Waals surface area (Å²) in [6.07, 6.45) is 6.46. The lowest BCUT2D eigenvalue weighted by atomic mass is 9.80. The molecular weight excluding hydrogens is 268 g/mol. The first-order valence-corrected chi connectivity index (χ1v) is 8.24. The van der Waals surface area contributed by atoms with Crippen molar-refractivity contribution in [2.24, 2.45) is 23.2 Å². The summed E-state index contributed by atoms with van der Waals surface area (Å²) < 4.78 is 0. The van der Waals surface area contributed by atoms with Crippen molar-refractivity contribution < 1.29 is 14.7 Å². The van der Waals surface area contributed by atoms with Crippen LogP contribution in [0.2, 0.25) is 0 Å². The van der Waals surface area contributed by atoms with Crippen LogP contribution in [0.15, 0.2) is 0 Å². The van der Waals surface area contributed by atoms with Gasteiger partial charge in [0.1, 0.15) is 0 Å². The third-order valence-corrected chi connectivity index (χ3v) is 6.07. The summed E-state index contributed by atoms with van der Waals surface area (Å²) in [5.41, 5.74) is -0.665. The van der Waals surface area contributed by atoms with Crippen molar-refractivity contribution in [1.82, 2.24) is 10.2 Å². The molecule has 3 fully saturated rings. The molecule has 1 heterocycles. The molecule has 3 aliphatic rings. The van der Waals surface area contributed by atoms with Crippen molar-refractivity contribution >= 4 is 12.0 Å². The smallest absolute Gasteiger partial charge is 0.317 e. The summed E-state index contributed by atoms with van der Waals surface area (Å²) in [6.45, 7) is 3.67. The van der Waals surface area contributed by atoms with Gasteiger partial charge in [-0.1, -0.05) is 6.42 Å². The number of amides is 2. The number of hydrogen-bond acceptors (Lipinski definition) is 2. The lowest BCUT2D eigenvalue weighted by Crippen LogP contribution is -2.49. The van der Waals surface area contributed by atoms with Crippen molar-refractivity contribution in [2.75, 3.05) is 19.6 Å². The Labute approximate surface area is 126 Å². The summed E-state index contributed by atoms with van der Waals surface area (Å²) in [4.78, 5) is 25.2. The maximum absolute atomic E-state index is 12.2. The molecule has 1 aliphatic heterocycles. The van der Waals surface area contributed by atoms with Gasteiger partial charge in [0.05, 0.1) is 5.41 Å². The molecular formula is C16H26N2O3. The van der Waals surface area contributed by atoms with Gasteiger partial charge in [0, 0.05) is 19.6 Å². The number of rotatable bonds is 3. The predicted molar refractivity (Wildman–Crippen MR) is 78.9 cm³/mol. The molecule has 3 rings (SSSR count). The summed E-state index contributed by atoms with van der Waals surface area (Å²) in [7, 11) is 0. The third-order valence-electron chi connectivity index (χ3n) is 6.07. The average Bonchev–Trinajstić information content (AvgIpc) is 3.08. The third kappa shape index (κ3) is 2.87. The summed E-state index contributed by atoms with van der Waals surface area (Å²) in [6, 6.07) is -0.00906. The van der Waals surface area contributed by atoms with Gasteiger partial charge < -0.3 is 15.3 Å². The van der Waals surface area contributed by atoms with Crippen LogP contribution in [0.3, 0.4) is 0 Å². The minimum atomic E-state index is -0.746. The number of carbonyl (C=O) groups is 2. The molecule has 3 atom stereocenters. The Morgan fingerprint density at radius 1 is 1.24 bits per heavy atom. The highest BCUT2D eigenvalue weighted by atomic mass is 16.4. The number of carboxylic acids is 1. The van der Waals surface area contributed by atoms with Crippen LogP contribution in [0.1, 0.15) is 45.4 Å². The molecule has 0 aromatic heterocycles. The summed E-state index contributed by atoms with van der Waals surface area (Å²) >= 11 is 0. The quantitative estimate of drug-likeness (QED) is 0.839. The fourth-order valence-electron chi connectivity index (χ4n) is 4.37. The highest BCUT2D eigenvalue weighted by Gasteiger charge is 2.40. The largest absolute Gasteiger partial charge is 0.481 e. The van der Waals surface area contributed by atoms with Gasteiger partial charge >= 0.3 is 12.0 Å². The summed E-state index contributed by atoms with van der Waals surface area (Å²) in [5.74, 6) is 1.65. The zero-order chi connectivity index (χ0) is 15.0. The molecule has 5 heteroatoms. The van der Waals surface area contributed by atoms with Crippen molar-refractivity contribution in [3.63, 3.8) is 0 Å². The van der Waals surface area contributed by atoms with E-state index in [9.17, 15) is 14.7 Å². The average molecular weight is 294 g/mol. The van der Waals surface area contributed by atoms with Crippen LogP contribution in [0, 0.1) is 23.2 Å². The Hall–Kier alpha value is -1.26. The number of likely N-dealkylation sites (tertiary alicyclic amines) is 1. The van der Waals surface area contributed by atoms with Crippen LogP contribution in [0.4, 0.5) is 4.79 Å².